The van der Waals surface area contributed by atoms with E-state index < -0.39 is 0 Å². The maximum atomic E-state index is 13.3. The molecule has 170 valence electrons. The first-order valence-corrected chi connectivity index (χ1v) is 12.0. The summed E-state index contributed by atoms with van der Waals surface area (Å²) in [6.07, 6.45) is 9.75. The first-order chi connectivity index (χ1) is 15.7. The summed E-state index contributed by atoms with van der Waals surface area (Å²) >= 11 is 0. The maximum Gasteiger partial charge on any atom is 0.318 e. The third kappa shape index (κ3) is 5.87. The minimum Gasteiger partial charge on any atom is -0.355 e. The molecule has 0 radical (unpaired) electrons. The number of hydrogen-bond acceptors (Lipinski definition) is 3. The van der Waals surface area contributed by atoms with E-state index in [0.29, 0.717) is 19.5 Å². The predicted molar refractivity (Wildman–Crippen MR) is 125 cm³/mol. The zero-order chi connectivity index (χ0) is 22.2. The van der Waals surface area contributed by atoms with Gasteiger partial charge in [-0.1, -0.05) is 55.7 Å². The molecule has 1 aliphatic heterocycles. The number of likely N-dealkylation sites (tertiary alicyclic amines) is 1. The fraction of sp³-hybridized carbons (Fsp3) is 0.500. The maximum absolute atomic E-state index is 13.3. The largest absolute Gasteiger partial charge is 0.355 e. The first kappa shape index (κ1) is 22.3. The molecule has 2 aromatic rings. The fourth-order valence-corrected chi connectivity index (χ4v) is 4.94. The standard InChI is InChI=1S/C26H34N4O2/c31-25(28-18-16-22-11-7-8-17-27-22)21-14-15-24(20-9-3-1-4-10-20)30(19-21)26(32)29-23-12-5-2-6-13-23/h1,3-4,7-11,17,21,23-24H,2,5-6,12-16,18-19H2,(H,28,31)(H,29,32). The van der Waals surface area contributed by atoms with E-state index in [0.717, 1.165) is 36.9 Å². The molecule has 2 N–H and O–H groups in total. The summed E-state index contributed by atoms with van der Waals surface area (Å²) in [5.41, 5.74) is 2.11. The molecule has 1 aromatic carbocycles. The molecule has 2 unspecified atom stereocenters. The second-order valence-corrected chi connectivity index (χ2v) is 9.00. The van der Waals surface area contributed by atoms with Gasteiger partial charge in [0.25, 0.3) is 0 Å². The van der Waals surface area contributed by atoms with E-state index in [1.165, 1.54) is 19.3 Å². The molecule has 1 aliphatic carbocycles. The molecule has 4 rings (SSSR count). The Hall–Kier alpha value is -2.89. The highest BCUT2D eigenvalue weighted by Gasteiger charge is 2.36. The van der Waals surface area contributed by atoms with E-state index in [-0.39, 0.29) is 29.9 Å². The number of aromatic nitrogens is 1. The van der Waals surface area contributed by atoms with Crippen LogP contribution in [0.3, 0.4) is 0 Å². The Labute approximate surface area is 190 Å². The zero-order valence-corrected chi connectivity index (χ0v) is 18.7. The van der Waals surface area contributed by atoms with Crippen LogP contribution in [0.25, 0.3) is 0 Å². The van der Waals surface area contributed by atoms with Crippen molar-refractivity contribution in [2.45, 2.75) is 63.5 Å². The number of benzene rings is 1. The van der Waals surface area contributed by atoms with Gasteiger partial charge in [-0.3, -0.25) is 9.78 Å². The van der Waals surface area contributed by atoms with E-state index in [9.17, 15) is 9.59 Å². The number of pyridine rings is 1. The van der Waals surface area contributed by atoms with E-state index in [1.54, 1.807) is 6.20 Å². The third-order valence-electron chi connectivity index (χ3n) is 6.74. The molecule has 0 bridgehead atoms. The summed E-state index contributed by atoms with van der Waals surface area (Å²) in [4.78, 5) is 32.4. The highest BCUT2D eigenvalue weighted by Crippen LogP contribution is 2.34. The van der Waals surface area contributed by atoms with Crippen molar-refractivity contribution < 1.29 is 9.59 Å². The molecule has 2 heterocycles. The zero-order valence-electron chi connectivity index (χ0n) is 18.7. The van der Waals surface area contributed by atoms with Gasteiger partial charge in [0.05, 0.1) is 12.0 Å². The van der Waals surface area contributed by atoms with Crippen molar-refractivity contribution in [2.75, 3.05) is 13.1 Å². The summed E-state index contributed by atoms with van der Waals surface area (Å²) in [7, 11) is 0. The molecule has 1 saturated carbocycles. The second-order valence-electron chi connectivity index (χ2n) is 9.00. The summed E-state index contributed by atoms with van der Waals surface area (Å²) in [5.74, 6) is -0.154. The Bertz CT molecular complexity index is 868. The normalized spacial score (nSPS) is 21.7. The summed E-state index contributed by atoms with van der Waals surface area (Å²) in [6.45, 7) is 1.01. The van der Waals surface area contributed by atoms with Crippen LogP contribution in [0.15, 0.2) is 54.7 Å². The molecule has 1 saturated heterocycles. The molecule has 2 fully saturated rings. The van der Waals surface area contributed by atoms with Crippen LogP contribution in [-0.2, 0) is 11.2 Å². The van der Waals surface area contributed by atoms with Gasteiger partial charge < -0.3 is 15.5 Å². The van der Waals surface area contributed by atoms with Crippen molar-refractivity contribution in [3.05, 3.63) is 66.0 Å². The number of urea groups is 1. The lowest BCUT2D eigenvalue weighted by atomic mass is 9.88. The molecule has 2 aliphatic rings. The van der Waals surface area contributed by atoms with Crippen LogP contribution in [0.2, 0.25) is 0 Å². The molecule has 32 heavy (non-hydrogen) atoms. The average Bonchev–Trinajstić information content (AvgIpc) is 2.85. The molecule has 6 nitrogen and oxygen atoms in total. The van der Waals surface area contributed by atoms with Crippen molar-refractivity contribution in [3.8, 4) is 0 Å². The lowest BCUT2D eigenvalue weighted by Gasteiger charge is -2.40. The number of nitrogens with zero attached hydrogens (tertiary/aromatic N) is 2. The predicted octanol–water partition coefficient (Wildman–Crippen LogP) is 4.24. The number of amides is 3. The van der Waals surface area contributed by atoms with Crippen molar-refractivity contribution in [3.63, 3.8) is 0 Å². The molecule has 1 aromatic heterocycles. The van der Waals surface area contributed by atoms with Gasteiger partial charge in [0.15, 0.2) is 0 Å². The monoisotopic (exact) mass is 434 g/mol. The van der Waals surface area contributed by atoms with Gasteiger partial charge in [-0.05, 0) is 43.4 Å². The van der Waals surface area contributed by atoms with Crippen molar-refractivity contribution in [2.24, 2.45) is 5.92 Å². The van der Waals surface area contributed by atoms with Crippen LogP contribution in [0.5, 0.6) is 0 Å². The molecule has 6 heteroatoms. The third-order valence-corrected chi connectivity index (χ3v) is 6.74. The Morgan fingerprint density at radius 1 is 0.938 bits per heavy atom. The van der Waals surface area contributed by atoms with Gasteiger partial charge in [-0.2, -0.15) is 0 Å². The molecular weight excluding hydrogens is 400 g/mol. The second kappa shape index (κ2) is 11.1. The van der Waals surface area contributed by atoms with E-state index in [2.05, 4.69) is 27.8 Å². The lowest BCUT2D eigenvalue weighted by Crippen LogP contribution is -2.52. The number of carbonyl (C=O) groups excluding carboxylic acids is 2. The van der Waals surface area contributed by atoms with Crippen LogP contribution in [0.1, 0.15) is 62.2 Å². The molecular formula is C26H34N4O2. The van der Waals surface area contributed by atoms with Crippen LogP contribution >= 0.6 is 0 Å². The van der Waals surface area contributed by atoms with Gasteiger partial charge in [0.1, 0.15) is 0 Å². The number of hydrogen-bond donors (Lipinski definition) is 2. The van der Waals surface area contributed by atoms with Gasteiger partial charge >= 0.3 is 6.03 Å². The first-order valence-electron chi connectivity index (χ1n) is 12.0. The quantitative estimate of drug-likeness (QED) is 0.714. The minimum atomic E-state index is -0.184. The Balaban J connectivity index is 1.39. The number of piperidine rings is 1. The van der Waals surface area contributed by atoms with Gasteiger partial charge in [-0.15, -0.1) is 0 Å². The van der Waals surface area contributed by atoms with Crippen LogP contribution in [0.4, 0.5) is 4.79 Å². The van der Waals surface area contributed by atoms with Crippen molar-refractivity contribution in [1.29, 1.82) is 0 Å². The number of carbonyl (C=O) groups is 2. The van der Waals surface area contributed by atoms with Crippen LogP contribution < -0.4 is 10.6 Å². The van der Waals surface area contributed by atoms with Crippen LogP contribution in [0, 0.1) is 5.92 Å². The van der Waals surface area contributed by atoms with Crippen molar-refractivity contribution in [1.82, 2.24) is 20.5 Å². The number of nitrogens with one attached hydrogen (secondary N) is 2. The van der Waals surface area contributed by atoms with Gasteiger partial charge in [0, 0.05) is 37.4 Å². The SMILES string of the molecule is O=C(NCCc1ccccn1)C1CCC(c2ccccc2)N(C(=O)NC2CCCCC2)C1. The Morgan fingerprint density at radius 2 is 1.72 bits per heavy atom. The van der Waals surface area contributed by atoms with Gasteiger partial charge in [0.2, 0.25) is 5.91 Å². The van der Waals surface area contributed by atoms with Gasteiger partial charge in [-0.25, -0.2) is 4.79 Å². The van der Waals surface area contributed by atoms with E-state index in [1.807, 2.05) is 41.3 Å². The molecule has 0 spiro atoms. The van der Waals surface area contributed by atoms with Crippen molar-refractivity contribution >= 4 is 11.9 Å². The Morgan fingerprint density at radius 3 is 2.47 bits per heavy atom. The van der Waals surface area contributed by atoms with Crippen LogP contribution in [-0.4, -0.2) is 41.0 Å². The van der Waals surface area contributed by atoms with E-state index >= 15 is 0 Å². The topological polar surface area (TPSA) is 74.3 Å². The highest BCUT2D eigenvalue weighted by molar-refractivity contribution is 5.81. The summed E-state index contributed by atoms with van der Waals surface area (Å²) < 4.78 is 0. The molecule has 3 amide bonds. The summed E-state index contributed by atoms with van der Waals surface area (Å²) in [6, 6.07) is 16.2. The Kier molecular flexibility index (Phi) is 7.75. The minimum absolute atomic E-state index is 0.0114. The fourth-order valence-electron chi connectivity index (χ4n) is 4.94. The van der Waals surface area contributed by atoms with E-state index in [4.69, 9.17) is 0 Å². The summed E-state index contributed by atoms with van der Waals surface area (Å²) in [5, 5.41) is 6.32. The smallest absolute Gasteiger partial charge is 0.318 e. The lowest BCUT2D eigenvalue weighted by molar-refractivity contribution is -0.126. The average molecular weight is 435 g/mol. The molecule has 2 atom stereocenters. The number of rotatable bonds is 6. The highest BCUT2D eigenvalue weighted by atomic mass is 16.2.